The van der Waals surface area contributed by atoms with Crippen LogP contribution in [-0.4, -0.2) is 30.6 Å². The van der Waals surface area contributed by atoms with Gasteiger partial charge in [-0.25, -0.2) is 0 Å². The molecule has 1 fully saturated rings. The summed E-state index contributed by atoms with van der Waals surface area (Å²) in [6.07, 6.45) is 4.00. The van der Waals surface area contributed by atoms with Crippen LogP contribution in [0.2, 0.25) is 0 Å². The molecule has 0 amide bonds. The third-order valence-corrected chi connectivity index (χ3v) is 4.69. The SMILES string of the molecule is CC1CC(C)CC(C(N)C(C)(C)N(C)C)C1. The first-order valence-electron chi connectivity index (χ1n) is 6.68. The largest absolute Gasteiger partial charge is 0.326 e. The molecule has 0 radical (unpaired) electrons. The Hall–Kier alpha value is -0.0800. The second kappa shape index (κ2) is 5.05. The van der Waals surface area contributed by atoms with E-state index in [1.54, 1.807) is 0 Å². The molecule has 0 heterocycles. The third kappa shape index (κ3) is 2.98. The zero-order valence-electron chi connectivity index (χ0n) is 12.0. The second-order valence-corrected chi connectivity index (χ2v) is 6.75. The summed E-state index contributed by atoms with van der Waals surface area (Å²) in [5, 5.41) is 0. The first-order valence-corrected chi connectivity index (χ1v) is 6.68. The van der Waals surface area contributed by atoms with Crippen molar-refractivity contribution in [1.29, 1.82) is 0 Å². The van der Waals surface area contributed by atoms with Gasteiger partial charge >= 0.3 is 0 Å². The Morgan fingerprint density at radius 3 is 1.88 bits per heavy atom. The monoisotopic (exact) mass is 226 g/mol. The summed E-state index contributed by atoms with van der Waals surface area (Å²) in [6.45, 7) is 9.28. The number of likely N-dealkylation sites (N-methyl/N-ethyl adjacent to an activating group) is 1. The molecule has 0 aliphatic heterocycles. The van der Waals surface area contributed by atoms with Crippen LogP contribution in [0.15, 0.2) is 0 Å². The van der Waals surface area contributed by atoms with Gasteiger partial charge in [-0.05, 0) is 65.0 Å². The summed E-state index contributed by atoms with van der Waals surface area (Å²) in [6, 6.07) is 0.285. The minimum Gasteiger partial charge on any atom is -0.326 e. The molecule has 1 saturated carbocycles. The molecule has 2 N–H and O–H groups in total. The van der Waals surface area contributed by atoms with E-state index in [0.717, 1.165) is 11.8 Å². The van der Waals surface area contributed by atoms with Gasteiger partial charge in [0.2, 0.25) is 0 Å². The molecule has 0 bridgehead atoms. The molecule has 2 nitrogen and oxygen atoms in total. The molecule has 0 saturated heterocycles. The zero-order chi connectivity index (χ0) is 12.5. The van der Waals surface area contributed by atoms with Crippen LogP contribution < -0.4 is 5.73 Å². The molecule has 0 aromatic carbocycles. The molecule has 1 rings (SSSR count). The van der Waals surface area contributed by atoms with Gasteiger partial charge in [0, 0.05) is 11.6 Å². The Morgan fingerprint density at radius 2 is 1.50 bits per heavy atom. The number of nitrogens with two attached hydrogens (primary N) is 1. The van der Waals surface area contributed by atoms with E-state index in [1.807, 2.05) is 0 Å². The van der Waals surface area contributed by atoms with Crippen LogP contribution in [-0.2, 0) is 0 Å². The number of hydrogen-bond acceptors (Lipinski definition) is 2. The second-order valence-electron chi connectivity index (χ2n) is 6.75. The molecule has 16 heavy (non-hydrogen) atoms. The molecule has 0 aromatic rings. The maximum atomic E-state index is 6.51. The lowest BCUT2D eigenvalue weighted by atomic mass is 9.70. The zero-order valence-corrected chi connectivity index (χ0v) is 12.0. The van der Waals surface area contributed by atoms with Crippen molar-refractivity contribution in [2.45, 2.75) is 58.5 Å². The van der Waals surface area contributed by atoms with E-state index < -0.39 is 0 Å². The normalized spacial score (nSPS) is 34.1. The Bertz CT molecular complexity index is 213. The molecule has 0 aromatic heterocycles. The van der Waals surface area contributed by atoms with Crippen molar-refractivity contribution in [3.05, 3.63) is 0 Å². The van der Waals surface area contributed by atoms with Crippen molar-refractivity contribution < 1.29 is 0 Å². The fraction of sp³-hybridized carbons (Fsp3) is 1.00. The average Bonchev–Trinajstić information content (AvgIpc) is 2.14. The Labute approximate surface area is 102 Å². The highest BCUT2D eigenvalue weighted by Gasteiger charge is 2.37. The number of rotatable bonds is 3. The molecule has 3 unspecified atom stereocenters. The van der Waals surface area contributed by atoms with Gasteiger partial charge in [-0.3, -0.25) is 0 Å². The minimum absolute atomic E-state index is 0.0987. The Balaban J connectivity index is 2.69. The van der Waals surface area contributed by atoms with Crippen LogP contribution in [0.1, 0.15) is 47.0 Å². The number of nitrogens with zero attached hydrogens (tertiary/aromatic N) is 1. The van der Waals surface area contributed by atoms with Gasteiger partial charge in [-0.1, -0.05) is 13.8 Å². The Kier molecular flexibility index (Phi) is 4.42. The third-order valence-electron chi connectivity index (χ3n) is 4.69. The molecule has 0 spiro atoms. The lowest BCUT2D eigenvalue weighted by molar-refractivity contribution is 0.0863. The van der Waals surface area contributed by atoms with Crippen LogP contribution in [0.25, 0.3) is 0 Å². The summed E-state index contributed by atoms with van der Waals surface area (Å²) < 4.78 is 0. The summed E-state index contributed by atoms with van der Waals surface area (Å²) >= 11 is 0. The molecule has 2 heteroatoms. The topological polar surface area (TPSA) is 29.3 Å². The highest BCUT2D eigenvalue weighted by Crippen LogP contribution is 2.37. The van der Waals surface area contributed by atoms with Crippen molar-refractivity contribution in [2.75, 3.05) is 14.1 Å². The van der Waals surface area contributed by atoms with Crippen molar-refractivity contribution in [3.8, 4) is 0 Å². The van der Waals surface area contributed by atoms with Gasteiger partial charge in [0.25, 0.3) is 0 Å². The maximum absolute atomic E-state index is 6.51. The van der Waals surface area contributed by atoms with E-state index >= 15 is 0 Å². The van der Waals surface area contributed by atoms with Crippen molar-refractivity contribution in [1.82, 2.24) is 4.90 Å². The highest BCUT2D eigenvalue weighted by atomic mass is 15.2. The quantitative estimate of drug-likeness (QED) is 0.802. The van der Waals surface area contributed by atoms with Crippen LogP contribution in [0.3, 0.4) is 0 Å². The summed E-state index contributed by atoms with van der Waals surface area (Å²) in [5.74, 6) is 2.38. The lowest BCUT2D eigenvalue weighted by Crippen LogP contribution is -2.57. The van der Waals surface area contributed by atoms with E-state index in [-0.39, 0.29) is 11.6 Å². The molecule has 96 valence electrons. The molecular formula is C14H30N2. The summed E-state index contributed by atoms with van der Waals surface area (Å²) in [5.41, 5.74) is 6.61. The van der Waals surface area contributed by atoms with E-state index in [0.29, 0.717) is 5.92 Å². The molecule has 1 aliphatic rings. The smallest absolute Gasteiger partial charge is 0.0300 e. The first-order chi connectivity index (χ1) is 7.25. The lowest BCUT2D eigenvalue weighted by Gasteiger charge is -2.45. The predicted octanol–water partition coefficient (Wildman–Crippen LogP) is 2.73. The molecule has 3 atom stereocenters. The van der Waals surface area contributed by atoms with Crippen LogP contribution in [0.4, 0.5) is 0 Å². The van der Waals surface area contributed by atoms with Crippen LogP contribution in [0, 0.1) is 17.8 Å². The molecule has 1 aliphatic carbocycles. The molecular weight excluding hydrogens is 196 g/mol. The van der Waals surface area contributed by atoms with E-state index in [9.17, 15) is 0 Å². The van der Waals surface area contributed by atoms with E-state index in [2.05, 4.69) is 46.7 Å². The van der Waals surface area contributed by atoms with Gasteiger partial charge < -0.3 is 10.6 Å². The fourth-order valence-electron chi connectivity index (χ4n) is 3.18. The van der Waals surface area contributed by atoms with Gasteiger partial charge in [0.05, 0.1) is 0 Å². The van der Waals surface area contributed by atoms with Crippen molar-refractivity contribution >= 4 is 0 Å². The van der Waals surface area contributed by atoms with Crippen LogP contribution in [0.5, 0.6) is 0 Å². The van der Waals surface area contributed by atoms with Crippen molar-refractivity contribution in [2.24, 2.45) is 23.5 Å². The van der Waals surface area contributed by atoms with E-state index in [4.69, 9.17) is 5.73 Å². The minimum atomic E-state index is 0.0987. The van der Waals surface area contributed by atoms with Crippen molar-refractivity contribution in [3.63, 3.8) is 0 Å². The maximum Gasteiger partial charge on any atom is 0.0300 e. The predicted molar refractivity (Wildman–Crippen MR) is 71.4 cm³/mol. The first kappa shape index (κ1) is 14.0. The van der Waals surface area contributed by atoms with Gasteiger partial charge in [-0.2, -0.15) is 0 Å². The number of hydrogen-bond donors (Lipinski definition) is 1. The van der Waals surface area contributed by atoms with Crippen LogP contribution >= 0.6 is 0 Å². The average molecular weight is 226 g/mol. The highest BCUT2D eigenvalue weighted by molar-refractivity contribution is 4.95. The van der Waals surface area contributed by atoms with Gasteiger partial charge in [0.1, 0.15) is 0 Å². The van der Waals surface area contributed by atoms with Gasteiger partial charge in [-0.15, -0.1) is 0 Å². The fourth-order valence-corrected chi connectivity index (χ4v) is 3.18. The standard InChI is InChI=1S/C14H30N2/c1-10-7-11(2)9-12(8-10)13(15)14(3,4)16(5)6/h10-13H,7-9,15H2,1-6H3. The van der Waals surface area contributed by atoms with Gasteiger partial charge in [0.15, 0.2) is 0 Å². The summed E-state index contributed by atoms with van der Waals surface area (Å²) in [7, 11) is 4.27. The van der Waals surface area contributed by atoms with E-state index in [1.165, 1.54) is 19.3 Å². The summed E-state index contributed by atoms with van der Waals surface area (Å²) in [4.78, 5) is 2.27. The Morgan fingerprint density at radius 1 is 1.06 bits per heavy atom.